The van der Waals surface area contributed by atoms with Crippen LogP contribution in [-0.4, -0.2) is 29.5 Å². The van der Waals surface area contributed by atoms with Gasteiger partial charge in [-0.15, -0.1) is 0 Å². The van der Waals surface area contributed by atoms with Gasteiger partial charge in [-0.25, -0.2) is 0 Å². The predicted molar refractivity (Wildman–Crippen MR) is 61.3 cm³/mol. The average molecular weight is 216 g/mol. The zero-order valence-electron chi connectivity index (χ0n) is 8.95. The lowest BCUT2D eigenvalue weighted by atomic mass is 10.0. The quantitative estimate of drug-likeness (QED) is 0.739. The van der Waals surface area contributed by atoms with Crippen molar-refractivity contribution in [3.8, 4) is 0 Å². The van der Waals surface area contributed by atoms with E-state index < -0.39 is 0 Å². The van der Waals surface area contributed by atoms with E-state index in [-0.39, 0.29) is 17.9 Å². The van der Waals surface area contributed by atoms with Crippen LogP contribution in [0.1, 0.15) is 26.7 Å². The Bertz CT molecular complexity index is 191. The molecule has 4 heteroatoms. The highest BCUT2D eigenvalue weighted by molar-refractivity contribution is 7.99. The molecule has 0 aromatic heterocycles. The Morgan fingerprint density at radius 3 is 2.50 bits per heavy atom. The van der Waals surface area contributed by atoms with Gasteiger partial charge < -0.3 is 11.1 Å². The average Bonchev–Trinajstić information content (AvgIpc) is 2.18. The number of amides is 1. The number of rotatable bonds is 3. The molecule has 0 radical (unpaired) electrons. The highest BCUT2D eigenvalue weighted by Crippen LogP contribution is 2.17. The first-order valence-electron chi connectivity index (χ1n) is 5.25. The molecule has 14 heavy (non-hydrogen) atoms. The number of hydrogen-bond donors (Lipinski definition) is 2. The molecule has 0 bridgehead atoms. The van der Waals surface area contributed by atoms with Gasteiger partial charge in [0.05, 0.1) is 6.04 Å². The fourth-order valence-electron chi connectivity index (χ4n) is 1.44. The summed E-state index contributed by atoms with van der Waals surface area (Å²) >= 11 is 1.96. The fraction of sp³-hybridized carbons (Fsp3) is 0.900. The summed E-state index contributed by atoms with van der Waals surface area (Å²) in [5.74, 6) is 2.54. The third-order valence-corrected chi connectivity index (χ3v) is 3.64. The van der Waals surface area contributed by atoms with Crippen molar-refractivity contribution in [2.24, 2.45) is 11.7 Å². The second-order valence-electron chi connectivity index (χ2n) is 4.17. The molecule has 1 saturated heterocycles. The maximum atomic E-state index is 11.6. The van der Waals surface area contributed by atoms with Crippen molar-refractivity contribution in [1.29, 1.82) is 0 Å². The molecule has 0 aliphatic carbocycles. The number of nitrogens with two attached hydrogens (primary N) is 1. The maximum Gasteiger partial charge on any atom is 0.237 e. The Hall–Kier alpha value is -0.220. The monoisotopic (exact) mass is 216 g/mol. The van der Waals surface area contributed by atoms with Crippen molar-refractivity contribution in [3.05, 3.63) is 0 Å². The van der Waals surface area contributed by atoms with Gasteiger partial charge in [-0.3, -0.25) is 4.79 Å². The minimum atomic E-state index is -0.357. The maximum absolute atomic E-state index is 11.6. The van der Waals surface area contributed by atoms with Gasteiger partial charge in [0.25, 0.3) is 0 Å². The highest BCUT2D eigenvalue weighted by atomic mass is 32.2. The molecule has 1 amide bonds. The Morgan fingerprint density at radius 1 is 1.43 bits per heavy atom. The van der Waals surface area contributed by atoms with Crippen LogP contribution in [0.5, 0.6) is 0 Å². The molecule has 1 fully saturated rings. The number of hydrogen-bond acceptors (Lipinski definition) is 3. The van der Waals surface area contributed by atoms with Crippen LogP contribution >= 0.6 is 11.8 Å². The third kappa shape index (κ3) is 3.50. The van der Waals surface area contributed by atoms with Crippen LogP contribution in [0.15, 0.2) is 0 Å². The summed E-state index contributed by atoms with van der Waals surface area (Å²) in [5, 5.41) is 3.02. The van der Waals surface area contributed by atoms with Crippen LogP contribution in [0.2, 0.25) is 0 Å². The first kappa shape index (κ1) is 11.9. The molecule has 82 valence electrons. The molecule has 0 aromatic carbocycles. The normalized spacial score (nSPS) is 20.9. The van der Waals surface area contributed by atoms with Gasteiger partial charge >= 0.3 is 0 Å². The molecule has 1 aliphatic heterocycles. The van der Waals surface area contributed by atoms with Crippen molar-refractivity contribution in [2.75, 3.05) is 11.5 Å². The van der Waals surface area contributed by atoms with Crippen molar-refractivity contribution < 1.29 is 4.79 Å². The van der Waals surface area contributed by atoms with Gasteiger partial charge in [-0.2, -0.15) is 11.8 Å². The lowest BCUT2D eigenvalue weighted by Gasteiger charge is -2.25. The molecule has 1 atom stereocenters. The van der Waals surface area contributed by atoms with Crippen molar-refractivity contribution in [1.82, 2.24) is 5.32 Å². The van der Waals surface area contributed by atoms with Crippen molar-refractivity contribution in [3.63, 3.8) is 0 Å². The minimum absolute atomic E-state index is 0.0110. The SMILES string of the molecule is CC(C)C(N)C(=O)NC1CCSCC1. The second kappa shape index (κ2) is 5.61. The molecule has 3 N–H and O–H groups in total. The van der Waals surface area contributed by atoms with E-state index in [0.717, 1.165) is 24.3 Å². The smallest absolute Gasteiger partial charge is 0.237 e. The van der Waals surface area contributed by atoms with Gasteiger partial charge in [0.2, 0.25) is 5.91 Å². The van der Waals surface area contributed by atoms with E-state index in [1.807, 2.05) is 25.6 Å². The largest absolute Gasteiger partial charge is 0.352 e. The standard InChI is InChI=1S/C10H20N2OS/c1-7(2)9(11)10(13)12-8-3-5-14-6-4-8/h7-9H,3-6,11H2,1-2H3,(H,12,13). The minimum Gasteiger partial charge on any atom is -0.352 e. The summed E-state index contributed by atoms with van der Waals surface area (Å²) in [5.41, 5.74) is 5.76. The Labute approximate surface area is 90.2 Å². The summed E-state index contributed by atoms with van der Waals surface area (Å²) in [6, 6.07) is -0.00173. The predicted octanol–water partition coefficient (Wildman–Crippen LogP) is 0.981. The zero-order chi connectivity index (χ0) is 10.6. The summed E-state index contributed by atoms with van der Waals surface area (Å²) in [4.78, 5) is 11.6. The topological polar surface area (TPSA) is 55.1 Å². The molecule has 0 spiro atoms. The van der Waals surface area contributed by atoms with Crippen LogP contribution in [-0.2, 0) is 4.79 Å². The second-order valence-corrected chi connectivity index (χ2v) is 5.39. The molecular weight excluding hydrogens is 196 g/mol. The van der Waals surface area contributed by atoms with Crippen LogP contribution in [0.3, 0.4) is 0 Å². The van der Waals surface area contributed by atoms with Gasteiger partial charge in [-0.05, 0) is 30.3 Å². The van der Waals surface area contributed by atoms with E-state index in [1.54, 1.807) is 0 Å². The lowest BCUT2D eigenvalue weighted by molar-refractivity contribution is -0.124. The van der Waals surface area contributed by atoms with Gasteiger partial charge in [0.1, 0.15) is 0 Å². The van der Waals surface area contributed by atoms with E-state index in [1.165, 1.54) is 0 Å². The van der Waals surface area contributed by atoms with E-state index in [2.05, 4.69) is 5.32 Å². The number of nitrogens with one attached hydrogen (secondary N) is 1. The van der Waals surface area contributed by atoms with E-state index in [0.29, 0.717) is 6.04 Å². The lowest BCUT2D eigenvalue weighted by Crippen LogP contribution is -2.48. The van der Waals surface area contributed by atoms with Crippen LogP contribution in [0, 0.1) is 5.92 Å². The Kier molecular flexibility index (Phi) is 4.75. The Morgan fingerprint density at radius 2 is 2.00 bits per heavy atom. The highest BCUT2D eigenvalue weighted by Gasteiger charge is 2.21. The molecule has 1 heterocycles. The molecule has 0 saturated carbocycles. The Balaban J connectivity index is 2.31. The van der Waals surface area contributed by atoms with Crippen molar-refractivity contribution >= 4 is 17.7 Å². The van der Waals surface area contributed by atoms with Crippen LogP contribution < -0.4 is 11.1 Å². The summed E-state index contributed by atoms with van der Waals surface area (Å²) in [6.07, 6.45) is 2.17. The number of carbonyl (C=O) groups is 1. The fourth-order valence-corrected chi connectivity index (χ4v) is 2.55. The molecule has 1 rings (SSSR count). The van der Waals surface area contributed by atoms with E-state index in [9.17, 15) is 4.79 Å². The third-order valence-electron chi connectivity index (χ3n) is 2.59. The van der Waals surface area contributed by atoms with E-state index in [4.69, 9.17) is 5.73 Å². The summed E-state index contributed by atoms with van der Waals surface area (Å²) < 4.78 is 0. The zero-order valence-corrected chi connectivity index (χ0v) is 9.77. The number of thioether (sulfide) groups is 1. The molecule has 1 aliphatic rings. The molecule has 3 nitrogen and oxygen atoms in total. The molecular formula is C10H20N2OS. The van der Waals surface area contributed by atoms with Crippen LogP contribution in [0.25, 0.3) is 0 Å². The van der Waals surface area contributed by atoms with Crippen LogP contribution in [0.4, 0.5) is 0 Å². The van der Waals surface area contributed by atoms with Gasteiger partial charge in [0, 0.05) is 6.04 Å². The van der Waals surface area contributed by atoms with Gasteiger partial charge in [-0.1, -0.05) is 13.8 Å². The first-order valence-corrected chi connectivity index (χ1v) is 6.40. The summed E-state index contributed by atoms with van der Waals surface area (Å²) in [7, 11) is 0. The first-order chi connectivity index (χ1) is 6.61. The summed E-state index contributed by atoms with van der Waals surface area (Å²) in [6.45, 7) is 3.95. The number of carbonyl (C=O) groups excluding carboxylic acids is 1. The van der Waals surface area contributed by atoms with E-state index >= 15 is 0 Å². The molecule has 0 aromatic rings. The molecule has 1 unspecified atom stereocenters. The van der Waals surface area contributed by atoms with Gasteiger partial charge in [0.15, 0.2) is 0 Å². The van der Waals surface area contributed by atoms with Crippen molar-refractivity contribution in [2.45, 2.75) is 38.8 Å².